The van der Waals surface area contributed by atoms with Gasteiger partial charge in [0.25, 0.3) is 5.91 Å². The van der Waals surface area contributed by atoms with E-state index in [-0.39, 0.29) is 12.5 Å². The van der Waals surface area contributed by atoms with E-state index in [4.69, 9.17) is 16.3 Å². The zero-order valence-electron chi connectivity index (χ0n) is 16.9. The molecule has 0 fully saturated rings. The zero-order valence-corrected chi connectivity index (χ0v) is 17.6. The van der Waals surface area contributed by atoms with Crippen LogP contribution >= 0.6 is 11.6 Å². The van der Waals surface area contributed by atoms with Crippen molar-refractivity contribution >= 4 is 29.5 Å². The summed E-state index contributed by atoms with van der Waals surface area (Å²) >= 11 is 5.98. The predicted octanol–water partition coefficient (Wildman–Crippen LogP) is 2.66. The van der Waals surface area contributed by atoms with E-state index in [2.05, 4.69) is 20.6 Å². The van der Waals surface area contributed by atoms with Crippen molar-refractivity contribution < 1.29 is 14.3 Å². The first-order chi connectivity index (χ1) is 13.9. The molecule has 1 aromatic heterocycles. The van der Waals surface area contributed by atoms with E-state index >= 15 is 0 Å². The number of carbonyl (C=O) groups is 2. The fourth-order valence-electron chi connectivity index (χ4n) is 2.46. The Morgan fingerprint density at radius 3 is 2.52 bits per heavy atom. The van der Waals surface area contributed by atoms with Crippen LogP contribution in [0.4, 0.5) is 10.7 Å². The second kappa shape index (κ2) is 11.2. The second-order valence-corrected chi connectivity index (χ2v) is 7.02. The number of nitrogens with zero attached hydrogens (tertiary/aromatic N) is 3. The van der Waals surface area contributed by atoms with Crippen LogP contribution < -0.4 is 15.5 Å². The molecule has 0 unspecified atom stereocenters. The summed E-state index contributed by atoms with van der Waals surface area (Å²) < 4.78 is 4.78. The number of nitrogens with one attached hydrogen (secondary N) is 2. The SMILES string of the molecule is CNC(=O)COC(=O)NCCCCc1cc(-c2ccc(Cl)cc2)nc(N(C)C)n1. The number of amides is 2. The quantitative estimate of drug-likeness (QED) is 0.606. The lowest BCUT2D eigenvalue weighted by molar-refractivity contribution is -0.123. The molecule has 156 valence electrons. The van der Waals surface area contributed by atoms with Gasteiger partial charge in [0.2, 0.25) is 5.95 Å². The topological polar surface area (TPSA) is 96.4 Å². The number of carbonyl (C=O) groups excluding carboxylic acids is 2. The highest BCUT2D eigenvalue weighted by Gasteiger charge is 2.09. The maximum absolute atomic E-state index is 11.5. The van der Waals surface area contributed by atoms with Crippen molar-refractivity contribution in [3.05, 3.63) is 41.0 Å². The van der Waals surface area contributed by atoms with Gasteiger partial charge in [-0.15, -0.1) is 0 Å². The van der Waals surface area contributed by atoms with Crippen LogP contribution in [0.3, 0.4) is 0 Å². The molecule has 0 atom stereocenters. The highest BCUT2D eigenvalue weighted by Crippen LogP contribution is 2.22. The lowest BCUT2D eigenvalue weighted by Gasteiger charge is -2.14. The van der Waals surface area contributed by atoms with Gasteiger partial charge in [0.15, 0.2) is 6.61 Å². The number of hydrogen-bond acceptors (Lipinski definition) is 6. The molecule has 1 heterocycles. The van der Waals surface area contributed by atoms with Crippen LogP contribution in [0.2, 0.25) is 5.02 Å². The molecule has 8 nitrogen and oxygen atoms in total. The van der Waals surface area contributed by atoms with E-state index < -0.39 is 6.09 Å². The van der Waals surface area contributed by atoms with Gasteiger partial charge in [0, 0.05) is 44.0 Å². The first-order valence-electron chi connectivity index (χ1n) is 9.31. The second-order valence-electron chi connectivity index (χ2n) is 6.58. The van der Waals surface area contributed by atoms with Crippen LogP contribution in [-0.4, -0.2) is 56.3 Å². The summed E-state index contributed by atoms with van der Waals surface area (Å²) in [6.07, 6.45) is 1.74. The van der Waals surface area contributed by atoms with E-state index in [0.717, 1.165) is 36.2 Å². The van der Waals surface area contributed by atoms with E-state index in [1.165, 1.54) is 7.05 Å². The Morgan fingerprint density at radius 1 is 1.14 bits per heavy atom. The number of ether oxygens (including phenoxy) is 1. The third-order valence-electron chi connectivity index (χ3n) is 4.05. The average Bonchev–Trinajstić information content (AvgIpc) is 2.72. The minimum absolute atomic E-state index is 0.288. The monoisotopic (exact) mass is 419 g/mol. The highest BCUT2D eigenvalue weighted by molar-refractivity contribution is 6.30. The van der Waals surface area contributed by atoms with Gasteiger partial charge in [-0.05, 0) is 37.5 Å². The molecule has 0 aliphatic heterocycles. The number of hydrogen-bond donors (Lipinski definition) is 2. The number of unbranched alkanes of at least 4 members (excludes halogenated alkanes) is 1. The molecule has 29 heavy (non-hydrogen) atoms. The number of benzene rings is 1. The van der Waals surface area contributed by atoms with Crippen molar-refractivity contribution in [2.24, 2.45) is 0 Å². The number of halogens is 1. The molecule has 0 aliphatic carbocycles. The van der Waals surface area contributed by atoms with Gasteiger partial charge in [-0.25, -0.2) is 14.8 Å². The summed E-state index contributed by atoms with van der Waals surface area (Å²) in [6, 6.07) is 9.51. The maximum atomic E-state index is 11.5. The number of alkyl carbamates (subject to hydrolysis) is 1. The average molecular weight is 420 g/mol. The van der Waals surface area contributed by atoms with Crippen LogP contribution in [0.5, 0.6) is 0 Å². The van der Waals surface area contributed by atoms with Gasteiger partial charge in [-0.1, -0.05) is 23.7 Å². The summed E-state index contributed by atoms with van der Waals surface area (Å²) in [5.74, 6) is 0.292. The van der Waals surface area contributed by atoms with Crippen LogP contribution in [0.1, 0.15) is 18.5 Å². The molecular formula is C20H26ClN5O3. The van der Waals surface area contributed by atoms with E-state index in [1.54, 1.807) is 0 Å². The summed E-state index contributed by atoms with van der Waals surface area (Å²) in [6.45, 7) is 0.173. The van der Waals surface area contributed by atoms with Crippen molar-refractivity contribution in [3.63, 3.8) is 0 Å². The molecule has 1 aromatic carbocycles. The summed E-state index contributed by atoms with van der Waals surface area (Å²) in [5.41, 5.74) is 2.74. The van der Waals surface area contributed by atoms with Gasteiger partial charge < -0.3 is 20.3 Å². The molecular weight excluding hydrogens is 394 g/mol. The number of aromatic nitrogens is 2. The smallest absolute Gasteiger partial charge is 0.407 e. The van der Waals surface area contributed by atoms with Crippen molar-refractivity contribution in [2.75, 3.05) is 39.2 Å². The number of likely N-dealkylation sites (N-methyl/N-ethyl adjacent to an activating group) is 1. The molecule has 0 saturated carbocycles. The Kier molecular flexibility index (Phi) is 8.67. The molecule has 2 N–H and O–H groups in total. The van der Waals surface area contributed by atoms with Crippen molar-refractivity contribution in [1.29, 1.82) is 0 Å². The molecule has 2 rings (SSSR count). The highest BCUT2D eigenvalue weighted by atomic mass is 35.5. The molecule has 0 radical (unpaired) electrons. The van der Waals surface area contributed by atoms with E-state index in [0.29, 0.717) is 17.5 Å². The minimum atomic E-state index is -0.601. The van der Waals surface area contributed by atoms with Gasteiger partial charge in [0.05, 0.1) is 5.69 Å². The lowest BCUT2D eigenvalue weighted by atomic mass is 10.1. The first-order valence-corrected chi connectivity index (χ1v) is 9.69. The Bertz CT molecular complexity index is 827. The molecule has 2 amide bonds. The van der Waals surface area contributed by atoms with Crippen LogP contribution in [0, 0.1) is 0 Å². The van der Waals surface area contributed by atoms with E-state index in [1.807, 2.05) is 49.3 Å². The largest absolute Gasteiger partial charge is 0.439 e. The Labute approximate surface area is 175 Å². The summed E-state index contributed by atoms with van der Waals surface area (Å²) in [4.78, 5) is 33.6. The van der Waals surface area contributed by atoms with E-state index in [9.17, 15) is 9.59 Å². The maximum Gasteiger partial charge on any atom is 0.407 e. The van der Waals surface area contributed by atoms with Gasteiger partial charge in [0.1, 0.15) is 0 Å². The van der Waals surface area contributed by atoms with Crippen LogP contribution in [-0.2, 0) is 16.0 Å². The Morgan fingerprint density at radius 2 is 1.86 bits per heavy atom. The minimum Gasteiger partial charge on any atom is -0.439 e. The number of rotatable bonds is 9. The Hall–Kier alpha value is -2.87. The van der Waals surface area contributed by atoms with Gasteiger partial charge >= 0.3 is 6.09 Å². The summed E-state index contributed by atoms with van der Waals surface area (Å²) in [5, 5.41) is 5.68. The standard InChI is InChI=1S/C20H26ClN5O3/c1-22-18(27)13-29-20(28)23-11-5-4-6-16-12-17(25-19(24-16)26(2)3)14-7-9-15(21)10-8-14/h7-10,12H,4-6,11,13H2,1-3H3,(H,22,27)(H,23,28). The van der Waals surface area contributed by atoms with Crippen LogP contribution in [0.15, 0.2) is 30.3 Å². The van der Waals surface area contributed by atoms with Crippen molar-refractivity contribution in [3.8, 4) is 11.3 Å². The molecule has 0 aliphatic rings. The molecule has 9 heteroatoms. The van der Waals surface area contributed by atoms with Crippen molar-refractivity contribution in [2.45, 2.75) is 19.3 Å². The van der Waals surface area contributed by atoms with Gasteiger partial charge in [-0.2, -0.15) is 0 Å². The number of aryl methyl sites for hydroxylation is 1. The third-order valence-corrected chi connectivity index (χ3v) is 4.30. The Balaban J connectivity index is 1.89. The summed E-state index contributed by atoms with van der Waals surface area (Å²) in [7, 11) is 5.29. The molecule has 0 bridgehead atoms. The predicted molar refractivity (Wildman–Crippen MR) is 113 cm³/mol. The fourth-order valence-corrected chi connectivity index (χ4v) is 2.58. The normalized spacial score (nSPS) is 10.3. The number of anilines is 1. The van der Waals surface area contributed by atoms with Crippen molar-refractivity contribution in [1.82, 2.24) is 20.6 Å². The van der Waals surface area contributed by atoms with Crippen LogP contribution in [0.25, 0.3) is 11.3 Å². The lowest BCUT2D eigenvalue weighted by Crippen LogP contribution is -2.31. The molecule has 2 aromatic rings. The third kappa shape index (κ3) is 7.57. The van der Waals surface area contributed by atoms with Gasteiger partial charge in [-0.3, -0.25) is 4.79 Å². The molecule has 0 saturated heterocycles. The molecule has 0 spiro atoms. The first kappa shape index (κ1) is 22.4. The fraction of sp³-hybridized carbons (Fsp3) is 0.400. The zero-order chi connectivity index (χ0) is 21.2.